The van der Waals surface area contributed by atoms with Gasteiger partial charge in [0.05, 0.1) is 12.6 Å². The Bertz CT molecular complexity index is 460. The summed E-state index contributed by atoms with van der Waals surface area (Å²) in [4.78, 5) is 11.8. The zero-order valence-electron chi connectivity index (χ0n) is 11.1. The molecule has 1 heterocycles. The molecule has 2 rings (SSSR count). The highest BCUT2D eigenvalue weighted by Gasteiger charge is 2.32. The lowest BCUT2D eigenvalue weighted by atomic mass is 10.00. The number of nitrogens with one attached hydrogen (secondary N) is 1. The normalized spacial score (nSPS) is 26.6. The number of carbonyl (C=O) groups excluding carboxylic acids is 1. The summed E-state index contributed by atoms with van der Waals surface area (Å²) in [5.41, 5.74) is 0.934. The number of amides is 1. The van der Waals surface area contributed by atoms with E-state index in [1.54, 1.807) is 6.08 Å². The fourth-order valence-corrected chi connectivity index (χ4v) is 2.16. The Morgan fingerprint density at radius 1 is 1.40 bits per heavy atom. The third-order valence-corrected chi connectivity index (χ3v) is 3.29. The summed E-state index contributed by atoms with van der Waals surface area (Å²) in [7, 11) is 0. The van der Waals surface area contributed by atoms with Crippen LogP contribution in [0.5, 0.6) is 0 Å². The van der Waals surface area contributed by atoms with E-state index in [2.05, 4.69) is 5.32 Å². The fraction of sp³-hybridized carbons (Fsp3) is 0.400. The van der Waals surface area contributed by atoms with Crippen molar-refractivity contribution in [2.45, 2.75) is 24.7 Å². The minimum atomic E-state index is -0.886. The molecule has 1 fully saturated rings. The van der Waals surface area contributed by atoms with Gasteiger partial charge in [0.25, 0.3) is 0 Å². The monoisotopic (exact) mass is 277 g/mol. The minimum Gasteiger partial charge on any atom is -0.394 e. The van der Waals surface area contributed by atoms with Gasteiger partial charge in [-0.25, -0.2) is 0 Å². The topological polar surface area (TPSA) is 78.8 Å². The smallest absolute Gasteiger partial charge is 0.244 e. The number of ether oxygens (including phenoxy) is 1. The number of benzene rings is 1. The second-order valence-corrected chi connectivity index (χ2v) is 4.73. The summed E-state index contributed by atoms with van der Waals surface area (Å²) in [5, 5.41) is 21.7. The first-order valence-corrected chi connectivity index (χ1v) is 6.65. The molecule has 3 atom stereocenters. The molecule has 1 aromatic rings. The second kappa shape index (κ2) is 7.19. The molecule has 108 valence electrons. The van der Waals surface area contributed by atoms with E-state index in [1.165, 1.54) is 6.08 Å². The minimum absolute atomic E-state index is 0.257. The van der Waals surface area contributed by atoms with Gasteiger partial charge in [0.15, 0.2) is 0 Å². The van der Waals surface area contributed by atoms with Crippen LogP contribution >= 0.6 is 0 Å². The summed E-state index contributed by atoms with van der Waals surface area (Å²) in [6.45, 7) is 0.156. The van der Waals surface area contributed by atoms with Gasteiger partial charge in [0, 0.05) is 12.7 Å². The fourth-order valence-electron chi connectivity index (χ4n) is 2.16. The van der Waals surface area contributed by atoms with Crippen LogP contribution in [0.25, 0.3) is 6.08 Å². The number of hydrogen-bond acceptors (Lipinski definition) is 4. The highest BCUT2D eigenvalue weighted by Crippen LogP contribution is 2.14. The number of aliphatic hydroxyl groups excluding tert-OH is 2. The quantitative estimate of drug-likeness (QED) is 0.693. The molecule has 0 unspecified atom stereocenters. The van der Waals surface area contributed by atoms with E-state index in [1.807, 2.05) is 30.3 Å². The number of carbonyl (C=O) groups is 1. The summed E-state index contributed by atoms with van der Waals surface area (Å²) >= 11 is 0. The van der Waals surface area contributed by atoms with Crippen LogP contribution in [0.1, 0.15) is 12.0 Å². The lowest BCUT2D eigenvalue weighted by Crippen LogP contribution is -2.53. The maximum atomic E-state index is 11.8. The first-order chi connectivity index (χ1) is 9.70. The third-order valence-electron chi connectivity index (χ3n) is 3.29. The van der Waals surface area contributed by atoms with Crippen LogP contribution in [-0.4, -0.2) is 47.6 Å². The maximum absolute atomic E-state index is 11.8. The molecule has 0 aromatic heterocycles. The number of rotatable bonds is 4. The Labute approximate surface area is 117 Å². The molecule has 3 N–H and O–H groups in total. The standard InChI is InChI=1S/C15H19NO4/c17-10-13-15(19)12(8-9-20-13)16-14(18)7-6-11-4-2-1-3-5-11/h1-7,12-13,15,17,19H,8-10H2,(H,16,18)/t12-,13+,15-/m0/s1. The van der Waals surface area contributed by atoms with Gasteiger partial charge < -0.3 is 20.3 Å². The maximum Gasteiger partial charge on any atom is 0.244 e. The lowest BCUT2D eigenvalue weighted by Gasteiger charge is -2.34. The third kappa shape index (κ3) is 3.90. The van der Waals surface area contributed by atoms with Crippen LogP contribution in [0.3, 0.4) is 0 Å². The van der Waals surface area contributed by atoms with E-state index in [0.29, 0.717) is 13.0 Å². The van der Waals surface area contributed by atoms with Gasteiger partial charge in [-0.3, -0.25) is 4.79 Å². The van der Waals surface area contributed by atoms with Gasteiger partial charge in [-0.05, 0) is 18.1 Å². The van der Waals surface area contributed by atoms with E-state index >= 15 is 0 Å². The number of hydrogen-bond donors (Lipinski definition) is 3. The van der Waals surface area contributed by atoms with Gasteiger partial charge in [-0.15, -0.1) is 0 Å². The van der Waals surface area contributed by atoms with Gasteiger partial charge in [-0.1, -0.05) is 30.3 Å². The van der Waals surface area contributed by atoms with E-state index in [0.717, 1.165) is 5.56 Å². The van der Waals surface area contributed by atoms with Crippen molar-refractivity contribution < 1.29 is 19.7 Å². The predicted molar refractivity (Wildman–Crippen MR) is 74.9 cm³/mol. The average Bonchev–Trinajstić information content (AvgIpc) is 2.48. The van der Waals surface area contributed by atoms with Crippen molar-refractivity contribution in [3.63, 3.8) is 0 Å². The molecule has 1 aliphatic heterocycles. The molecule has 1 amide bonds. The molecule has 0 aliphatic carbocycles. The van der Waals surface area contributed by atoms with Crippen LogP contribution in [0.15, 0.2) is 36.4 Å². The van der Waals surface area contributed by atoms with E-state index < -0.39 is 18.2 Å². The molecule has 0 bridgehead atoms. The Kier molecular flexibility index (Phi) is 5.29. The summed E-state index contributed by atoms with van der Waals surface area (Å²) in [6.07, 6.45) is 2.16. The summed E-state index contributed by atoms with van der Waals surface area (Å²) in [6, 6.07) is 9.10. The van der Waals surface area contributed by atoms with Gasteiger partial charge in [0.1, 0.15) is 12.2 Å². The Morgan fingerprint density at radius 2 is 2.15 bits per heavy atom. The SMILES string of the molecule is O=C(C=Cc1ccccc1)N[C@H]1CCO[C@H](CO)[C@H]1O. The molecule has 1 aromatic carbocycles. The van der Waals surface area contributed by atoms with Crippen molar-refractivity contribution in [2.24, 2.45) is 0 Å². The molecule has 1 aliphatic rings. The van der Waals surface area contributed by atoms with Crippen molar-refractivity contribution in [3.05, 3.63) is 42.0 Å². The van der Waals surface area contributed by atoms with Crippen molar-refractivity contribution >= 4 is 12.0 Å². The molecule has 0 spiro atoms. The largest absolute Gasteiger partial charge is 0.394 e. The first kappa shape index (κ1) is 14.7. The van der Waals surface area contributed by atoms with Crippen LogP contribution < -0.4 is 5.32 Å². The van der Waals surface area contributed by atoms with E-state index in [4.69, 9.17) is 9.84 Å². The molecule has 5 heteroatoms. The molecule has 1 saturated heterocycles. The average molecular weight is 277 g/mol. The molecule has 0 saturated carbocycles. The predicted octanol–water partition coefficient (Wildman–Crippen LogP) is 0.327. The molecule has 5 nitrogen and oxygen atoms in total. The highest BCUT2D eigenvalue weighted by molar-refractivity contribution is 5.91. The summed E-state index contributed by atoms with van der Waals surface area (Å²) < 4.78 is 5.21. The number of aliphatic hydroxyl groups is 2. The highest BCUT2D eigenvalue weighted by atomic mass is 16.5. The van der Waals surface area contributed by atoms with E-state index in [9.17, 15) is 9.90 Å². The Morgan fingerprint density at radius 3 is 2.85 bits per heavy atom. The molecule has 20 heavy (non-hydrogen) atoms. The first-order valence-electron chi connectivity index (χ1n) is 6.65. The van der Waals surface area contributed by atoms with Gasteiger partial charge in [-0.2, -0.15) is 0 Å². The van der Waals surface area contributed by atoms with Crippen LogP contribution in [0.2, 0.25) is 0 Å². The summed E-state index contributed by atoms with van der Waals surface area (Å²) in [5.74, 6) is -0.267. The van der Waals surface area contributed by atoms with E-state index in [-0.39, 0.29) is 12.5 Å². The van der Waals surface area contributed by atoms with Crippen LogP contribution in [0.4, 0.5) is 0 Å². The molecular weight excluding hydrogens is 258 g/mol. The zero-order chi connectivity index (χ0) is 14.4. The van der Waals surface area contributed by atoms with Crippen molar-refractivity contribution in [1.82, 2.24) is 5.32 Å². The Hall–Kier alpha value is -1.69. The van der Waals surface area contributed by atoms with Gasteiger partial charge >= 0.3 is 0 Å². The van der Waals surface area contributed by atoms with Crippen LogP contribution in [0, 0.1) is 0 Å². The molecular formula is C15H19NO4. The second-order valence-electron chi connectivity index (χ2n) is 4.73. The van der Waals surface area contributed by atoms with Crippen molar-refractivity contribution in [1.29, 1.82) is 0 Å². The van der Waals surface area contributed by atoms with Crippen molar-refractivity contribution in [3.8, 4) is 0 Å². The lowest BCUT2D eigenvalue weighted by molar-refractivity contribution is -0.128. The Balaban J connectivity index is 1.89. The zero-order valence-corrected chi connectivity index (χ0v) is 11.1. The van der Waals surface area contributed by atoms with Crippen molar-refractivity contribution in [2.75, 3.05) is 13.2 Å². The van der Waals surface area contributed by atoms with Crippen LogP contribution in [-0.2, 0) is 9.53 Å². The molecule has 0 radical (unpaired) electrons. The van der Waals surface area contributed by atoms with Gasteiger partial charge in [0.2, 0.25) is 5.91 Å².